The number of rotatable bonds is 9. The fourth-order valence-electron chi connectivity index (χ4n) is 3.38. The molecule has 0 bridgehead atoms. The summed E-state index contributed by atoms with van der Waals surface area (Å²) in [4.78, 5) is 12.3. The number of carbonyl (C=O) groups excluding carboxylic acids is 1. The lowest BCUT2D eigenvalue weighted by Gasteiger charge is -2.14. The zero-order chi connectivity index (χ0) is 29.1. The highest BCUT2D eigenvalue weighted by atomic mass is 35.5. The molecule has 208 valence electrons. The molecular formula is C26H18Cl2F2N2O6S2. The minimum atomic E-state index is -4.27. The number of esters is 1. The van der Waals surface area contributed by atoms with Gasteiger partial charge in [-0.3, -0.25) is 9.44 Å². The normalized spacial score (nSPS) is 11.6. The third kappa shape index (κ3) is 7.27. The number of anilines is 2. The van der Waals surface area contributed by atoms with Gasteiger partial charge in [-0.15, -0.1) is 0 Å². The molecule has 4 aromatic rings. The van der Waals surface area contributed by atoms with Crippen LogP contribution >= 0.6 is 23.2 Å². The Labute approximate surface area is 238 Å². The number of benzene rings is 4. The number of hydrogen-bond acceptors (Lipinski definition) is 6. The smallest absolute Gasteiger partial charge is 0.338 e. The van der Waals surface area contributed by atoms with Crippen molar-refractivity contribution in [2.45, 2.75) is 16.4 Å². The van der Waals surface area contributed by atoms with Crippen LogP contribution in [0.2, 0.25) is 10.0 Å². The van der Waals surface area contributed by atoms with Crippen LogP contribution in [-0.2, 0) is 31.4 Å². The van der Waals surface area contributed by atoms with Crippen LogP contribution in [0.5, 0.6) is 0 Å². The number of hydrogen-bond donors (Lipinski definition) is 2. The van der Waals surface area contributed by atoms with Gasteiger partial charge in [0.2, 0.25) is 0 Å². The first-order chi connectivity index (χ1) is 18.8. The van der Waals surface area contributed by atoms with E-state index in [1.54, 1.807) is 6.07 Å². The van der Waals surface area contributed by atoms with E-state index in [0.29, 0.717) is 10.6 Å². The van der Waals surface area contributed by atoms with Crippen molar-refractivity contribution in [3.63, 3.8) is 0 Å². The summed E-state index contributed by atoms with van der Waals surface area (Å²) in [6.45, 7) is -0.224. The lowest BCUT2D eigenvalue weighted by molar-refractivity contribution is 0.0472. The first-order valence-electron chi connectivity index (χ1n) is 11.2. The molecule has 0 radical (unpaired) electrons. The standard InChI is InChI=1S/C26H18Cl2F2N2O6S2/c27-24-10-1-16(11-25(24)28)15-38-26(33)17-12-20(31-39(34,35)22-6-2-18(29)3-7-22)14-21(13-17)32-40(36,37)23-8-4-19(30)5-9-23/h1-14,31-32H,15H2. The lowest BCUT2D eigenvalue weighted by Crippen LogP contribution is -2.16. The minimum Gasteiger partial charge on any atom is -0.457 e. The predicted octanol–water partition coefficient (Wildman–Crippen LogP) is 6.23. The molecule has 0 saturated carbocycles. The summed E-state index contributed by atoms with van der Waals surface area (Å²) in [6, 6.07) is 15.9. The highest BCUT2D eigenvalue weighted by Gasteiger charge is 2.20. The van der Waals surface area contributed by atoms with Crippen molar-refractivity contribution in [3.8, 4) is 0 Å². The summed E-state index contributed by atoms with van der Waals surface area (Å²) in [6.07, 6.45) is 0. The molecule has 14 heteroatoms. The Morgan fingerprint density at radius 2 is 1.15 bits per heavy atom. The Hall–Kier alpha value is -3.71. The molecule has 0 heterocycles. The molecule has 0 spiro atoms. The molecule has 0 fully saturated rings. The van der Waals surface area contributed by atoms with Crippen LogP contribution in [0.25, 0.3) is 0 Å². The molecule has 0 aliphatic carbocycles. The Balaban J connectivity index is 1.66. The van der Waals surface area contributed by atoms with Crippen LogP contribution < -0.4 is 9.44 Å². The van der Waals surface area contributed by atoms with Crippen molar-refractivity contribution >= 4 is 60.6 Å². The average molecular weight is 627 g/mol. The molecule has 0 saturated heterocycles. The highest BCUT2D eigenvalue weighted by Crippen LogP contribution is 2.27. The van der Waals surface area contributed by atoms with E-state index in [1.165, 1.54) is 12.1 Å². The Morgan fingerprint density at radius 3 is 1.60 bits per heavy atom. The molecule has 2 N–H and O–H groups in total. The minimum absolute atomic E-state index is 0.204. The van der Waals surface area contributed by atoms with Crippen LogP contribution in [0, 0.1) is 11.6 Å². The number of carbonyl (C=O) groups is 1. The van der Waals surface area contributed by atoms with E-state index >= 15 is 0 Å². The zero-order valence-electron chi connectivity index (χ0n) is 20.1. The van der Waals surface area contributed by atoms with Gasteiger partial charge >= 0.3 is 5.97 Å². The van der Waals surface area contributed by atoms with E-state index in [9.17, 15) is 30.4 Å². The lowest BCUT2D eigenvalue weighted by atomic mass is 10.2. The molecule has 40 heavy (non-hydrogen) atoms. The average Bonchev–Trinajstić information content (AvgIpc) is 2.89. The largest absolute Gasteiger partial charge is 0.457 e. The second kappa shape index (κ2) is 11.8. The van der Waals surface area contributed by atoms with E-state index in [0.717, 1.165) is 66.7 Å². The summed E-state index contributed by atoms with van der Waals surface area (Å²) < 4.78 is 87.8. The number of ether oxygens (including phenoxy) is 1. The Kier molecular flexibility index (Phi) is 8.64. The van der Waals surface area contributed by atoms with E-state index < -0.39 is 37.7 Å². The molecule has 8 nitrogen and oxygen atoms in total. The van der Waals surface area contributed by atoms with Crippen LogP contribution in [0.3, 0.4) is 0 Å². The molecule has 0 aliphatic rings. The van der Waals surface area contributed by atoms with Gasteiger partial charge in [-0.2, -0.15) is 0 Å². The van der Waals surface area contributed by atoms with Gasteiger partial charge < -0.3 is 4.74 Å². The van der Waals surface area contributed by atoms with Gasteiger partial charge in [0.05, 0.1) is 36.8 Å². The van der Waals surface area contributed by atoms with Crippen molar-refractivity contribution in [2.75, 3.05) is 9.44 Å². The van der Waals surface area contributed by atoms with Crippen LogP contribution in [0.1, 0.15) is 15.9 Å². The molecule has 4 aromatic carbocycles. The molecule has 4 rings (SSSR count). The first kappa shape index (κ1) is 29.3. The van der Waals surface area contributed by atoms with Gasteiger partial charge in [0.15, 0.2) is 0 Å². The maximum absolute atomic E-state index is 13.3. The summed E-state index contributed by atoms with van der Waals surface area (Å²) >= 11 is 11.9. The van der Waals surface area contributed by atoms with Gasteiger partial charge in [0.1, 0.15) is 18.2 Å². The van der Waals surface area contributed by atoms with Gasteiger partial charge in [0, 0.05) is 0 Å². The van der Waals surface area contributed by atoms with Crippen LogP contribution in [-0.4, -0.2) is 22.8 Å². The maximum atomic E-state index is 13.3. The highest BCUT2D eigenvalue weighted by molar-refractivity contribution is 7.93. The van der Waals surface area contributed by atoms with E-state index in [4.69, 9.17) is 27.9 Å². The van der Waals surface area contributed by atoms with Crippen molar-refractivity contribution in [3.05, 3.63) is 118 Å². The fourth-order valence-corrected chi connectivity index (χ4v) is 5.78. The topological polar surface area (TPSA) is 119 Å². The summed E-state index contributed by atoms with van der Waals surface area (Å²) in [5.41, 5.74) is -0.112. The van der Waals surface area contributed by atoms with Gasteiger partial charge in [0.25, 0.3) is 20.0 Å². The van der Waals surface area contributed by atoms with Gasteiger partial charge in [-0.1, -0.05) is 29.3 Å². The monoisotopic (exact) mass is 626 g/mol. The summed E-state index contributed by atoms with van der Waals surface area (Å²) in [5.74, 6) is -2.22. The van der Waals surface area contributed by atoms with E-state index in [-0.39, 0.29) is 38.4 Å². The van der Waals surface area contributed by atoms with Crippen molar-refractivity contribution < 1.29 is 35.1 Å². The molecule has 0 unspecified atom stereocenters. The number of nitrogens with one attached hydrogen (secondary N) is 2. The van der Waals surface area contributed by atoms with Gasteiger partial charge in [-0.25, -0.2) is 30.4 Å². The first-order valence-corrected chi connectivity index (χ1v) is 14.9. The van der Waals surface area contributed by atoms with Crippen LogP contribution in [0.4, 0.5) is 20.2 Å². The predicted molar refractivity (Wildman–Crippen MR) is 146 cm³/mol. The molecular weight excluding hydrogens is 609 g/mol. The molecule has 0 aromatic heterocycles. The number of halogens is 4. The van der Waals surface area contributed by atoms with Crippen molar-refractivity contribution in [1.29, 1.82) is 0 Å². The van der Waals surface area contributed by atoms with Crippen molar-refractivity contribution in [1.82, 2.24) is 0 Å². The Bertz CT molecular complexity index is 1690. The van der Waals surface area contributed by atoms with Gasteiger partial charge in [-0.05, 0) is 84.4 Å². The summed E-state index contributed by atoms with van der Waals surface area (Å²) in [5, 5.41) is 0.542. The fraction of sp³-hybridized carbons (Fsp3) is 0.0385. The third-order valence-electron chi connectivity index (χ3n) is 5.27. The molecule has 0 atom stereocenters. The quantitative estimate of drug-likeness (QED) is 0.213. The summed E-state index contributed by atoms with van der Waals surface area (Å²) in [7, 11) is -8.54. The molecule has 0 amide bonds. The second-order valence-corrected chi connectivity index (χ2v) is 12.4. The Morgan fingerprint density at radius 1 is 0.675 bits per heavy atom. The van der Waals surface area contributed by atoms with Crippen molar-refractivity contribution in [2.24, 2.45) is 0 Å². The SMILES string of the molecule is O=C(OCc1ccc(Cl)c(Cl)c1)c1cc(NS(=O)(=O)c2ccc(F)cc2)cc(NS(=O)(=O)c2ccc(F)cc2)c1. The maximum Gasteiger partial charge on any atom is 0.338 e. The van der Waals surface area contributed by atoms with E-state index in [1.807, 2.05) is 0 Å². The second-order valence-electron chi connectivity index (χ2n) is 8.24. The van der Waals surface area contributed by atoms with E-state index in [2.05, 4.69) is 9.44 Å². The molecule has 0 aliphatic heterocycles. The third-order valence-corrected chi connectivity index (χ3v) is 8.81. The zero-order valence-corrected chi connectivity index (χ0v) is 23.2. The van der Waals surface area contributed by atoms with Crippen LogP contribution in [0.15, 0.2) is 94.7 Å². The number of sulfonamides is 2.